The van der Waals surface area contributed by atoms with Gasteiger partial charge in [0.2, 0.25) is 5.91 Å². The van der Waals surface area contributed by atoms with E-state index in [9.17, 15) is 14.7 Å². The first-order valence-corrected chi connectivity index (χ1v) is 12.8. The zero-order valence-electron chi connectivity index (χ0n) is 20.3. The van der Waals surface area contributed by atoms with Crippen molar-refractivity contribution >= 4 is 29.0 Å². The summed E-state index contributed by atoms with van der Waals surface area (Å²) < 4.78 is 0. The Balaban J connectivity index is 1.67. The molecule has 1 aliphatic heterocycles. The third-order valence-electron chi connectivity index (χ3n) is 8.02. The number of amides is 1. The second kappa shape index (κ2) is 8.98. The Kier molecular flexibility index (Phi) is 5.74. The highest BCUT2D eigenvalue weighted by molar-refractivity contribution is 6.30. The number of aryl methyl sites for hydroxylation is 1. The Hall–Kier alpha value is -3.73. The quantitative estimate of drug-likeness (QED) is 0.333. The maximum atomic E-state index is 14.3. The van der Waals surface area contributed by atoms with E-state index in [0.29, 0.717) is 21.8 Å². The van der Waals surface area contributed by atoms with Crippen molar-refractivity contribution in [3.8, 4) is 0 Å². The summed E-state index contributed by atoms with van der Waals surface area (Å²) in [4.78, 5) is 28.4. The predicted octanol–water partition coefficient (Wildman–Crippen LogP) is 6.48. The number of rotatable bonds is 3. The van der Waals surface area contributed by atoms with Gasteiger partial charge in [-0.05, 0) is 47.9 Å². The van der Waals surface area contributed by atoms with Gasteiger partial charge in [-0.3, -0.25) is 9.59 Å². The Bertz CT molecular complexity index is 1480. The van der Waals surface area contributed by atoms with Crippen LogP contribution in [0.15, 0.2) is 103 Å². The maximum absolute atomic E-state index is 14.3. The fourth-order valence-corrected chi connectivity index (χ4v) is 6.54. The minimum Gasteiger partial charge on any atom is -0.384 e. The summed E-state index contributed by atoms with van der Waals surface area (Å²) in [5.74, 6) is -3.33. The van der Waals surface area contributed by atoms with Gasteiger partial charge in [0.15, 0.2) is 5.78 Å². The molecule has 0 aromatic heterocycles. The molecule has 5 heteroatoms. The third-order valence-corrected chi connectivity index (χ3v) is 8.27. The number of fused-ring (bicyclic) bond motifs is 2. The molecule has 1 fully saturated rings. The predicted molar refractivity (Wildman–Crippen MR) is 145 cm³/mol. The molecule has 5 unspecified atom stereocenters. The summed E-state index contributed by atoms with van der Waals surface area (Å²) in [5.41, 5.74) is 2.66. The second-order valence-electron chi connectivity index (χ2n) is 10.1. The average molecular weight is 508 g/mol. The number of Topliss-reactive ketones (excluding diaryl/α,β-unsaturated/α-hetero) is 1. The Morgan fingerprint density at radius 1 is 0.730 bits per heavy atom. The average Bonchev–Trinajstić information content (AvgIpc) is 3.13. The number of ketones is 1. The van der Waals surface area contributed by atoms with Crippen LogP contribution in [-0.4, -0.2) is 16.8 Å². The van der Waals surface area contributed by atoms with E-state index in [4.69, 9.17) is 11.6 Å². The van der Waals surface area contributed by atoms with Gasteiger partial charge >= 0.3 is 0 Å². The van der Waals surface area contributed by atoms with E-state index in [1.54, 1.807) is 36.4 Å². The number of anilines is 1. The number of nitrogens with one attached hydrogen (secondary N) is 1. The Morgan fingerprint density at radius 2 is 1.38 bits per heavy atom. The highest BCUT2D eigenvalue weighted by Gasteiger charge is 2.66. The summed E-state index contributed by atoms with van der Waals surface area (Å²) in [5, 5.41) is 16.5. The molecule has 4 aromatic carbocycles. The van der Waals surface area contributed by atoms with Crippen LogP contribution in [0.25, 0.3) is 0 Å². The number of hydrogen-bond donors (Lipinski definition) is 2. The Morgan fingerprint density at radius 3 is 2.08 bits per heavy atom. The lowest BCUT2D eigenvalue weighted by Gasteiger charge is -2.37. The lowest BCUT2D eigenvalue weighted by molar-refractivity contribution is -0.130. The largest absolute Gasteiger partial charge is 0.384 e. The normalized spacial score (nSPS) is 26.7. The molecule has 5 atom stereocenters. The molecule has 1 heterocycles. The van der Waals surface area contributed by atoms with Gasteiger partial charge in [0, 0.05) is 28.3 Å². The van der Waals surface area contributed by atoms with E-state index < -0.39 is 29.3 Å². The summed E-state index contributed by atoms with van der Waals surface area (Å²) >= 11 is 6.24. The Labute approximate surface area is 220 Å². The van der Waals surface area contributed by atoms with Crippen molar-refractivity contribution < 1.29 is 14.7 Å². The molecule has 0 saturated heterocycles. The molecular weight excluding hydrogens is 482 g/mol. The molecule has 37 heavy (non-hydrogen) atoms. The minimum atomic E-state index is -1.66. The second-order valence-corrected chi connectivity index (χ2v) is 10.5. The molecule has 4 nitrogen and oxygen atoms in total. The summed E-state index contributed by atoms with van der Waals surface area (Å²) in [6.45, 7) is 1.98. The molecular formula is C32H26ClNO3. The fraction of sp³-hybridized carbons (Fsp3) is 0.188. The highest BCUT2D eigenvalue weighted by atomic mass is 35.5. The number of carbonyl (C=O) groups excluding carboxylic acids is 2. The lowest BCUT2D eigenvalue weighted by atomic mass is 9.72. The first-order chi connectivity index (χ1) is 17.9. The fourth-order valence-electron chi connectivity index (χ4n) is 6.42. The standard InChI is InChI=1S/C32H26ClNO3/c1-19-11-15-22(16-12-19)32(37)28(21-13-17-23(33)18-14-21)26(20-7-3-2-4-8-20)27-29(32)31(36)34-25-10-6-5-9-24(25)30(27)35/h2-18,26-29,37H,1H3,(H,34,36). The molecule has 4 aromatic rings. The van der Waals surface area contributed by atoms with Crippen LogP contribution in [0.4, 0.5) is 5.69 Å². The van der Waals surface area contributed by atoms with Gasteiger partial charge in [0.1, 0.15) is 5.60 Å². The van der Waals surface area contributed by atoms with Gasteiger partial charge in [-0.25, -0.2) is 0 Å². The monoisotopic (exact) mass is 507 g/mol. The van der Waals surface area contributed by atoms with Crippen LogP contribution in [0.2, 0.25) is 5.02 Å². The van der Waals surface area contributed by atoms with E-state index in [1.807, 2.05) is 73.7 Å². The maximum Gasteiger partial charge on any atom is 0.231 e. The molecule has 6 rings (SSSR count). The first-order valence-electron chi connectivity index (χ1n) is 12.4. The van der Waals surface area contributed by atoms with Crippen LogP contribution in [0.1, 0.15) is 44.4 Å². The summed E-state index contributed by atoms with van der Waals surface area (Å²) in [6, 6.07) is 31.8. The van der Waals surface area contributed by atoms with Gasteiger partial charge in [-0.1, -0.05) is 96.0 Å². The molecule has 0 spiro atoms. The zero-order valence-corrected chi connectivity index (χ0v) is 21.0. The van der Waals surface area contributed by atoms with Gasteiger partial charge < -0.3 is 10.4 Å². The van der Waals surface area contributed by atoms with Gasteiger partial charge in [0.05, 0.1) is 11.6 Å². The molecule has 1 amide bonds. The van der Waals surface area contributed by atoms with Crippen molar-refractivity contribution in [1.29, 1.82) is 0 Å². The molecule has 2 N–H and O–H groups in total. The number of halogens is 1. The number of aliphatic hydroxyl groups is 1. The van der Waals surface area contributed by atoms with Crippen LogP contribution in [0.3, 0.4) is 0 Å². The number of para-hydroxylation sites is 1. The molecule has 0 radical (unpaired) electrons. The van der Waals surface area contributed by atoms with Crippen LogP contribution in [0.5, 0.6) is 0 Å². The van der Waals surface area contributed by atoms with Crippen LogP contribution in [0, 0.1) is 18.8 Å². The van der Waals surface area contributed by atoms with Crippen molar-refractivity contribution in [1.82, 2.24) is 0 Å². The SMILES string of the molecule is Cc1ccc(C2(O)C3C(=O)Nc4ccccc4C(=O)C3C(c3ccccc3)C2c2ccc(Cl)cc2)cc1. The summed E-state index contributed by atoms with van der Waals surface area (Å²) in [6.07, 6.45) is 0. The van der Waals surface area contributed by atoms with E-state index in [0.717, 1.165) is 16.7 Å². The molecule has 1 aliphatic carbocycles. The van der Waals surface area contributed by atoms with E-state index >= 15 is 0 Å². The lowest BCUT2D eigenvalue weighted by Crippen LogP contribution is -2.44. The van der Waals surface area contributed by atoms with E-state index in [-0.39, 0.29) is 11.7 Å². The van der Waals surface area contributed by atoms with Crippen LogP contribution >= 0.6 is 11.6 Å². The van der Waals surface area contributed by atoms with Gasteiger partial charge in [-0.15, -0.1) is 0 Å². The topological polar surface area (TPSA) is 66.4 Å². The number of hydrogen-bond acceptors (Lipinski definition) is 3. The highest BCUT2D eigenvalue weighted by Crippen LogP contribution is 2.64. The van der Waals surface area contributed by atoms with Crippen LogP contribution < -0.4 is 5.32 Å². The van der Waals surface area contributed by atoms with Gasteiger partial charge in [0.25, 0.3) is 0 Å². The minimum absolute atomic E-state index is 0.144. The van der Waals surface area contributed by atoms with Crippen molar-refractivity contribution in [3.05, 3.63) is 136 Å². The van der Waals surface area contributed by atoms with Crippen molar-refractivity contribution in [2.24, 2.45) is 11.8 Å². The van der Waals surface area contributed by atoms with Crippen molar-refractivity contribution in [3.63, 3.8) is 0 Å². The molecule has 184 valence electrons. The molecule has 2 aliphatic rings. The van der Waals surface area contributed by atoms with Crippen LogP contribution in [-0.2, 0) is 10.4 Å². The van der Waals surface area contributed by atoms with Crippen molar-refractivity contribution in [2.75, 3.05) is 5.32 Å². The smallest absolute Gasteiger partial charge is 0.231 e. The van der Waals surface area contributed by atoms with E-state index in [1.165, 1.54) is 0 Å². The number of benzene rings is 4. The van der Waals surface area contributed by atoms with Crippen molar-refractivity contribution in [2.45, 2.75) is 24.4 Å². The third kappa shape index (κ3) is 3.71. The first kappa shape index (κ1) is 23.7. The zero-order chi connectivity index (χ0) is 25.7. The number of carbonyl (C=O) groups is 2. The molecule has 1 saturated carbocycles. The van der Waals surface area contributed by atoms with E-state index in [2.05, 4.69) is 5.32 Å². The summed E-state index contributed by atoms with van der Waals surface area (Å²) in [7, 11) is 0. The molecule has 0 bridgehead atoms. The van der Waals surface area contributed by atoms with Gasteiger partial charge in [-0.2, -0.15) is 0 Å².